The molecule has 120 valence electrons. The van der Waals surface area contributed by atoms with Gasteiger partial charge in [-0.3, -0.25) is 4.79 Å². The lowest BCUT2D eigenvalue weighted by Crippen LogP contribution is -2.22. The number of anilines is 1. The Kier molecular flexibility index (Phi) is 3.87. The predicted octanol–water partition coefficient (Wildman–Crippen LogP) is 5.68. The number of nitrogens with one attached hydrogen (secondary N) is 1. The molecule has 1 aliphatic heterocycles. The number of halogens is 2. The lowest BCUT2D eigenvalue weighted by atomic mass is 9.89. The second-order valence-corrected chi connectivity index (χ2v) is 7.07. The molecule has 1 N–H and O–H groups in total. The summed E-state index contributed by atoms with van der Waals surface area (Å²) in [5.74, 6) is -0.379. The monoisotopic (exact) mass is 357 g/mol. The fourth-order valence-corrected chi connectivity index (χ4v) is 4.35. The second-order valence-electron chi connectivity index (χ2n) is 5.72. The first-order chi connectivity index (χ1) is 11.6. The molecule has 0 saturated heterocycles. The Balaban J connectivity index is 1.83. The summed E-state index contributed by atoms with van der Waals surface area (Å²) >= 11 is 7.51. The zero-order valence-corrected chi connectivity index (χ0v) is 14.1. The normalized spacial score (nSPS) is 16.6. The summed E-state index contributed by atoms with van der Waals surface area (Å²) in [6.45, 7) is 0. The van der Waals surface area contributed by atoms with Crippen LogP contribution in [0.15, 0.2) is 53.9 Å². The van der Waals surface area contributed by atoms with Gasteiger partial charge in [0.1, 0.15) is 5.82 Å². The number of carbonyl (C=O) groups is 1. The van der Waals surface area contributed by atoms with Crippen LogP contribution in [0, 0.1) is 5.82 Å². The van der Waals surface area contributed by atoms with Crippen molar-refractivity contribution in [1.82, 2.24) is 0 Å². The largest absolute Gasteiger partial charge is 0.325 e. The SMILES string of the molecule is O=C1C[C@@H](c2ccc(Cl)cc2)c2scc(-c3ccccc3F)c2N1. The molecule has 1 amide bonds. The van der Waals surface area contributed by atoms with E-state index in [-0.39, 0.29) is 17.6 Å². The van der Waals surface area contributed by atoms with Crippen LogP contribution in [0.3, 0.4) is 0 Å². The number of benzene rings is 2. The van der Waals surface area contributed by atoms with E-state index in [4.69, 9.17) is 11.6 Å². The van der Waals surface area contributed by atoms with Crippen molar-refractivity contribution in [3.8, 4) is 11.1 Å². The molecule has 0 aliphatic carbocycles. The number of amides is 1. The maximum Gasteiger partial charge on any atom is 0.225 e. The molecule has 2 heterocycles. The van der Waals surface area contributed by atoms with E-state index >= 15 is 0 Å². The molecule has 0 bridgehead atoms. The zero-order chi connectivity index (χ0) is 16.7. The van der Waals surface area contributed by atoms with Crippen molar-refractivity contribution in [2.45, 2.75) is 12.3 Å². The molecule has 1 aromatic heterocycles. The van der Waals surface area contributed by atoms with Crippen LogP contribution in [-0.4, -0.2) is 5.91 Å². The van der Waals surface area contributed by atoms with E-state index in [1.807, 2.05) is 29.6 Å². The van der Waals surface area contributed by atoms with E-state index in [1.54, 1.807) is 29.5 Å². The number of hydrogen-bond acceptors (Lipinski definition) is 2. The molecule has 2 aromatic carbocycles. The van der Waals surface area contributed by atoms with E-state index in [1.165, 1.54) is 6.07 Å². The quantitative estimate of drug-likeness (QED) is 0.628. The van der Waals surface area contributed by atoms with Gasteiger partial charge in [-0.05, 0) is 23.8 Å². The van der Waals surface area contributed by atoms with Gasteiger partial charge >= 0.3 is 0 Å². The van der Waals surface area contributed by atoms with Crippen LogP contribution in [0.25, 0.3) is 11.1 Å². The third kappa shape index (κ3) is 2.62. The van der Waals surface area contributed by atoms with Crippen molar-refractivity contribution in [1.29, 1.82) is 0 Å². The maximum atomic E-state index is 14.2. The van der Waals surface area contributed by atoms with Crippen LogP contribution >= 0.6 is 22.9 Å². The summed E-state index contributed by atoms with van der Waals surface area (Å²) in [6, 6.07) is 14.2. The summed E-state index contributed by atoms with van der Waals surface area (Å²) in [5.41, 5.74) is 3.01. The van der Waals surface area contributed by atoms with Crippen molar-refractivity contribution in [2.24, 2.45) is 0 Å². The van der Waals surface area contributed by atoms with Gasteiger partial charge in [-0.2, -0.15) is 0 Å². The molecule has 0 fully saturated rings. The van der Waals surface area contributed by atoms with Crippen LogP contribution < -0.4 is 5.32 Å². The minimum Gasteiger partial charge on any atom is -0.325 e. The van der Waals surface area contributed by atoms with Crippen LogP contribution in [0.1, 0.15) is 22.8 Å². The fourth-order valence-electron chi connectivity index (χ4n) is 3.07. The Morgan fingerprint density at radius 2 is 1.83 bits per heavy atom. The van der Waals surface area contributed by atoms with Crippen LogP contribution in [0.4, 0.5) is 10.1 Å². The smallest absolute Gasteiger partial charge is 0.225 e. The topological polar surface area (TPSA) is 29.1 Å². The number of hydrogen-bond donors (Lipinski definition) is 1. The lowest BCUT2D eigenvalue weighted by molar-refractivity contribution is -0.116. The molecular weight excluding hydrogens is 345 g/mol. The average molecular weight is 358 g/mol. The van der Waals surface area contributed by atoms with E-state index in [0.29, 0.717) is 17.0 Å². The van der Waals surface area contributed by atoms with E-state index in [0.717, 1.165) is 21.7 Å². The maximum absolute atomic E-state index is 14.2. The Labute approximate surface area is 147 Å². The van der Waals surface area contributed by atoms with Crippen molar-refractivity contribution < 1.29 is 9.18 Å². The first-order valence-corrected chi connectivity index (χ1v) is 8.81. The molecule has 1 atom stereocenters. The molecule has 5 heteroatoms. The molecule has 0 saturated carbocycles. The average Bonchev–Trinajstić information content (AvgIpc) is 2.99. The first-order valence-electron chi connectivity index (χ1n) is 7.55. The summed E-state index contributed by atoms with van der Waals surface area (Å²) in [4.78, 5) is 13.3. The van der Waals surface area contributed by atoms with Crippen LogP contribution in [0.2, 0.25) is 5.02 Å². The Morgan fingerprint density at radius 3 is 2.58 bits per heavy atom. The van der Waals surface area contributed by atoms with E-state index in [2.05, 4.69) is 5.32 Å². The van der Waals surface area contributed by atoms with Crippen molar-refractivity contribution in [2.75, 3.05) is 5.32 Å². The second kappa shape index (κ2) is 6.04. The van der Waals surface area contributed by atoms with Gasteiger partial charge < -0.3 is 5.32 Å². The molecule has 0 spiro atoms. The van der Waals surface area contributed by atoms with E-state index in [9.17, 15) is 9.18 Å². The predicted molar refractivity (Wildman–Crippen MR) is 96.3 cm³/mol. The van der Waals surface area contributed by atoms with Gasteiger partial charge in [-0.15, -0.1) is 11.3 Å². The standard InChI is InChI=1S/C19H13ClFNOS/c20-12-7-5-11(6-8-12)14-9-17(23)22-18-15(10-24-19(14)18)13-3-1-2-4-16(13)21/h1-8,10,14H,9H2,(H,22,23)/t14-/m0/s1. The van der Waals surface area contributed by atoms with Crippen LogP contribution in [-0.2, 0) is 4.79 Å². The van der Waals surface area contributed by atoms with Gasteiger partial charge in [0, 0.05) is 38.7 Å². The third-order valence-corrected chi connectivity index (χ3v) is 5.57. The minimum atomic E-state index is -0.291. The van der Waals surface area contributed by atoms with Gasteiger partial charge in [0.25, 0.3) is 0 Å². The van der Waals surface area contributed by atoms with Crippen molar-refractivity contribution in [3.05, 3.63) is 75.2 Å². The number of carbonyl (C=O) groups excluding carboxylic acids is 1. The molecule has 4 rings (SSSR count). The van der Waals surface area contributed by atoms with Crippen molar-refractivity contribution >= 4 is 34.5 Å². The highest BCUT2D eigenvalue weighted by atomic mass is 35.5. The third-order valence-electron chi connectivity index (χ3n) is 4.23. The zero-order valence-electron chi connectivity index (χ0n) is 12.6. The summed E-state index contributed by atoms with van der Waals surface area (Å²) in [5, 5.41) is 5.50. The summed E-state index contributed by atoms with van der Waals surface area (Å²) in [7, 11) is 0. The van der Waals surface area contributed by atoms with Crippen LogP contribution in [0.5, 0.6) is 0 Å². The molecule has 3 aromatic rings. The Bertz CT molecular complexity index is 919. The van der Waals surface area contributed by atoms with Gasteiger partial charge in [0.2, 0.25) is 5.91 Å². The minimum absolute atomic E-state index is 0.0310. The highest BCUT2D eigenvalue weighted by molar-refractivity contribution is 7.11. The highest BCUT2D eigenvalue weighted by Crippen LogP contribution is 2.47. The summed E-state index contributed by atoms with van der Waals surface area (Å²) in [6.07, 6.45) is 0.381. The first kappa shape index (κ1) is 15.4. The van der Waals surface area contributed by atoms with Gasteiger partial charge in [-0.1, -0.05) is 41.9 Å². The molecular formula is C19H13ClFNOS. The van der Waals surface area contributed by atoms with Gasteiger partial charge in [-0.25, -0.2) is 4.39 Å². The van der Waals surface area contributed by atoms with E-state index < -0.39 is 0 Å². The fraction of sp³-hybridized carbons (Fsp3) is 0.105. The Morgan fingerprint density at radius 1 is 1.08 bits per heavy atom. The molecule has 24 heavy (non-hydrogen) atoms. The molecule has 0 unspecified atom stereocenters. The summed E-state index contributed by atoms with van der Waals surface area (Å²) < 4.78 is 14.2. The van der Waals surface area contributed by atoms with Gasteiger partial charge in [0.15, 0.2) is 0 Å². The molecule has 0 radical (unpaired) electrons. The lowest BCUT2D eigenvalue weighted by Gasteiger charge is -2.24. The molecule has 1 aliphatic rings. The Hall–Kier alpha value is -2.17. The highest BCUT2D eigenvalue weighted by Gasteiger charge is 2.30. The number of thiophene rings is 1. The molecule has 2 nitrogen and oxygen atoms in total. The number of fused-ring (bicyclic) bond motifs is 1. The van der Waals surface area contributed by atoms with Crippen molar-refractivity contribution in [3.63, 3.8) is 0 Å². The number of rotatable bonds is 2. The van der Waals surface area contributed by atoms with Gasteiger partial charge in [0.05, 0.1) is 5.69 Å².